The van der Waals surface area contributed by atoms with Crippen molar-refractivity contribution in [3.05, 3.63) is 22.4 Å². The molecule has 1 aliphatic rings. The molecular formula is C13H18N2O3S. The van der Waals surface area contributed by atoms with Gasteiger partial charge in [-0.05, 0) is 31.3 Å². The van der Waals surface area contributed by atoms with Crippen LogP contribution in [-0.2, 0) is 9.59 Å². The molecule has 104 valence electrons. The number of carboxylic acid groups (broad SMARTS) is 1. The second kappa shape index (κ2) is 6.16. The summed E-state index contributed by atoms with van der Waals surface area (Å²) in [6.45, 7) is 0.819. The van der Waals surface area contributed by atoms with E-state index >= 15 is 0 Å². The van der Waals surface area contributed by atoms with Crippen LogP contribution in [0.3, 0.4) is 0 Å². The number of aliphatic carboxylic acids is 1. The van der Waals surface area contributed by atoms with Crippen LogP contribution in [0.15, 0.2) is 17.5 Å². The van der Waals surface area contributed by atoms with Gasteiger partial charge in [0.05, 0.1) is 19.1 Å². The second-order valence-corrected chi connectivity index (χ2v) is 5.81. The molecule has 6 heteroatoms. The van der Waals surface area contributed by atoms with Crippen molar-refractivity contribution in [1.29, 1.82) is 0 Å². The van der Waals surface area contributed by atoms with Gasteiger partial charge in [-0.2, -0.15) is 0 Å². The van der Waals surface area contributed by atoms with Gasteiger partial charge in [-0.1, -0.05) is 6.07 Å². The summed E-state index contributed by atoms with van der Waals surface area (Å²) in [5.74, 6) is -0.897. The van der Waals surface area contributed by atoms with Crippen LogP contribution in [0.4, 0.5) is 0 Å². The average molecular weight is 282 g/mol. The van der Waals surface area contributed by atoms with Crippen molar-refractivity contribution in [3.63, 3.8) is 0 Å². The molecule has 1 aromatic rings. The van der Waals surface area contributed by atoms with Crippen molar-refractivity contribution in [2.45, 2.75) is 18.9 Å². The van der Waals surface area contributed by atoms with E-state index in [1.165, 1.54) is 9.78 Å². The minimum absolute atomic E-state index is 0.0136. The monoisotopic (exact) mass is 282 g/mol. The van der Waals surface area contributed by atoms with Crippen LogP contribution in [0.25, 0.3) is 0 Å². The Morgan fingerprint density at radius 2 is 2.32 bits per heavy atom. The van der Waals surface area contributed by atoms with Crippen LogP contribution >= 0.6 is 11.3 Å². The van der Waals surface area contributed by atoms with Crippen LogP contribution in [-0.4, -0.2) is 53.5 Å². The topological polar surface area (TPSA) is 60.9 Å². The summed E-state index contributed by atoms with van der Waals surface area (Å²) < 4.78 is 0. The zero-order chi connectivity index (χ0) is 13.8. The molecule has 1 aliphatic heterocycles. The summed E-state index contributed by atoms with van der Waals surface area (Å²) in [7, 11) is 1.66. The van der Waals surface area contributed by atoms with Crippen molar-refractivity contribution < 1.29 is 14.7 Å². The van der Waals surface area contributed by atoms with E-state index in [0.29, 0.717) is 0 Å². The second-order valence-electron chi connectivity index (χ2n) is 4.83. The van der Waals surface area contributed by atoms with E-state index in [9.17, 15) is 9.59 Å². The molecule has 0 aliphatic carbocycles. The molecule has 1 aromatic heterocycles. The Hall–Kier alpha value is -1.40. The maximum atomic E-state index is 12.2. The van der Waals surface area contributed by atoms with Gasteiger partial charge in [0.1, 0.15) is 0 Å². The number of likely N-dealkylation sites (tertiary alicyclic amines) is 1. The molecule has 1 unspecified atom stereocenters. The van der Waals surface area contributed by atoms with E-state index in [1.807, 2.05) is 16.3 Å². The van der Waals surface area contributed by atoms with Gasteiger partial charge in [0, 0.05) is 11.4 Å². The molecule has 0 radical (unpaired) electrons. The van der Waals surface area contributed by atoms with Crippen LogP contribution < -0.4 is 0 Å². The molecule has 0 bridgehead atoms. The fraction of sp³-hybridized carbons (Fsp3) is 0.538. The predicted molar refractivity (Wildman–Crippen MR) is 73.1 cm³/mol. The maximum absolute atomic E-state index is 12.2. The summed E-state index contributed by atoms with van der Waals surface area (Å²) >= 11 is 1.67. The van der Waals surface area contributed by atoms with E-state index in [-0.39, 0.29) is 25.0 Å². The molecule has 0 saturated carbocycles. The molecule has 2 heterocycles. The molecule has 5 nitrogen and oxygen atoms in total. The number of thiophene rings is 1. The lowest BCUT2D eigenvalue weighted by molar-refractivity contribution is -0.139. The Labute approximate surface area is 116 Å². The number of amides is 1. The van der Waals surface area contributed by atoms with Gasteiger partial charge in [0.15, 0.2) is 0 Å². The first-order valence-corrected chi connectivity index (χ1v) is 7.19. The Morgan fingerprint density at radius 3 is 2.95 bits per heavy atom. The number of hydrogen-bond acceptors (Lipinski definition) is 4. The van der Waals surface area contributed by atoms with Crippen LogP contribution in [0.1, 0.15) is 23.8 Å². The van der Waals surface area contributed by atoms with Gasteiger partial charge < -0.3 is 10.0 Å². The van der Waals surface area contributed by atoms with E-state index in [2.05, 4.69) is 6.07 Å². The molecule has 1 amide bonds. The standard InChI is InChI=1S/C13H18N2O3S/c1-14(9-13(17)18)8-12(16)15-6-2-4-10(15)11-5-3-7-19-11/h3,5,7,10H,2,4,6,8-9H2,1H3,(H,17,18). The summed E-state index contributed by atoms with van der Waals surface area (Å²) in [6.07, 6.45) is 2.01. The molecule has 0 spiro atoms. The molecule has 1 atom stereocenters. The van der Waals surface area contributed by atoms with Gasteiger partial charge in [-0.15, -0.1) is 11.3 Å². The van der Waals surface area contributed by atoms with Crippen LogP contribution in [0.5, 0.6) is 0 Å². The first-order valence-electron chi connectivity index (χ1n) is 6.31. The van der Waals surface area contributed by atoms with Crippen molar-refractivity contribution in [3.8, 4) is 0 Å². The van der Waals surface area contributed by atoms with Gasteiger partial charge in [0.2, 0.25) is 5.91 Å². The van der Waals surface area contributed by atoms with Gasteiger partial charge in [-0.3, -0.25) is 14.5 Å². The largest absolute Gasteiger partial charge is 0.480 e. The molecule has 1 N–H and O–H groups in total. The molecule has 2 rings (SSSR count). The zero-order valence-corrected chi connectivity index (χ0v) is 11.7. The number of rotatable bonds is 5. The van der Waals surface area contributed by atoms with Gasteiger partial charge in [-0.25, -0.2) is 0 Å². The zero-order valence-electron chi connectivity index (χ0n) is 10.9. The highest BCUT2D eigenvalue weighted by molar-refractivity contribution is 7.10. The summed E-state index contributed by atoms with van der Waals surface area (Å²) in [6, 6.07) is 4.23. The Kier molecular flexibility index (Phi) is 4.55. The van der Waals surface area contributed by atoms with Crippen molar-refractivity contribution in [2.24, 2.45) is 0 Å². The highest BCUT2D eigenvalue weighted by atomic mass is 32.1. The lowest BCUT2D eigenvalue weighted by Crippen LogP contribution is -2.40. The van der Waals surface area contributed by atoms with E-state index < -0.39 is 5.97 Å². The third-order valence-electron chi connectivity index (χ3n) is 3.26. The Balaban J connectivity index is 1.96. The van der Waals surface area contributed by atoms with E-state index in [4.69, 9.17) is 5.11 Å². The summed E-state index contributed by atoms with van der Waals surface area (Å²) in [5, 5.41) is 10.7. The lowest BCUT2D eigenvalue weighted by atomic mass is 10.2. The highest BCUT2D eigenvalue weighted by Gasteiger charge is 2.30. The third kappa shape index (κ3) is 3.54. The van der Waals surface area contributed by atoms with Crippen LogP contribution in [0.2, 0.25) is 0 Å². The van der Waals surface area contributed by atoms with Crippen LogP contribution in [0, 0.1) is 0 Å². The fourth-order valence-electron chi connectivity index (χ4n) is 2.45. The minimum Gasteiger partial charge on any atom is -0.480 e. The number of carbonyl (C=O) groups excluding carboxylic acids is 1. The summed E-state index contributed by atoms with van der Waals surface area (Å²) in [5.41, 5.74) is 0. The van der Waals surface area contributed by atoms with Crippen molar-refractivity contribution in [2.75, 3.05) is 26.7 Å². The van der Waals surface area contributed by atoms with Crippen molar-refractivity contribution >= 4 is 23.2 Å². The maximum Gasteiger partial charge on any atom is 0.317 e. The van der Waals surface area contributed by atoms with E-state index in [0.717, 1.165) is 19.4 Å². The highest BCUT2D eigenvalue weighted by Crippen LogP contribution is 2.34. The molecule has 1 saturated heterocycles. The lowest BCUT2D eigenvalue weighted by Gasteiger charge is -2.26. The SMILES string of the molecule is CN(CC(=O)O)CC(=O)N1CCCC1c1cccs1. The fourth-order valence-corrected chi connectivity index (χ4v) is 3.32. The number of carbonyl (C=O) groups is 2. The average Bonchev–Trinajstić information content (AvgIpc) is 2.98. The molecule has 19 heavy (non-hydrogen) atoms. The quantitative estimate of drug-likeness (QED) is 0.887. The number of nitrogens with zero attached hydrogens (tertiary/aromatic N) is 2. The molecule has 0 aromatic carbocycles. The smallest absolute Gasteiger partial charge is 0.317 e. The number of carboxylic acids is 1. The van der Waals surface area contributed by atoms with Gasteiger partial charge in [0.25, 0.3) is 0 Å². The van der Waals surface area contributed by atoms with E-state index in [1.54, 1.807) is 18.4 Å². The number of hydrogen-bond donors (Lipinski definition) is 1. The predicted octanol–water partition coefficient (Wildman–Crippen LogP) is 1.43. The van der Waals surface area contributed by atoms with Gasteiger partial charge >= 0.3 is 5.97 Å². The number of likely N-dealkylation sites (N-methyl/N-ethyl adjacent to an activating group) is 1. The molecule has 1 fully saturated rings. The van der Waals surface area contributed by atoms with Crippen molar-refractivity contribution in [1.82, 2.24) is 9.80 Å². The molecular weight excluding hydrogens is 264 g/mol. The minimum atomic E-state index is -0.911. The summed E-state index contributed by atoms with van der Waals surface area (Å²) in [4.78, 5) is 27.5. The first kappa shape index (κ1) is 14.0. The Morgan fingerprint density at radius 1 is 1.53 bits per heavy atom. The first-order chi connectivity index (χ1) is 9.08. The third-order valence-corrected chi connectivity index (χ3v) is 4.23. The normalized spacial score (nSPS) is 19.1. The Bertz CT molecular complexity index is 447.